The number of hydrazine groups is 1. The average Bonchev–Trinajstić information content (AvgIpc) is 2.92. The molecule has 0 fully saturated rings. The second-order valence-corrected chi connectivity index (χ2v) is 8.30. The molecule has 1 aliphatic rings. The molecule has 1 aliphatic heterocycles. The molecule has 6 nitrogen and oxygen atoms in total. The number of nitrogens with one attached hydrogen (secondary N) is 2. The van der Waals surface area contributed by atoms with Gasteiger partial charge in [-0.25, -0.2) is 18.2 Å². The van der Waals surface area contributed by atoms with Crippen molar-refractivity contribution in [2.75, 3.05) is 5.01 Å². The van der Waals surface area contributed by atoms with Gasteiger partial charge in [0.2, 0.25) is 5.91 Å². The van der Waals surface area contributed by atoms with Gasteiger partial charge < -0.3 is 5.32 Å². The van der Waals surface area contributed by atoms with Crippen LogP contribution in [0.25, 0.3) is 11.1 Å². The molecule has 9 heteroatoms. The highest BCUT2D eigenvalue weighted by Crippen LogP contribution is 2.39. The molecule has 35 heavy (non-hydrogen) atoms. The fourth-order valence-electron chi connectivity index (χ4n) is 4.01. The molecule has 0 radical (unpaired) electrons. The zero-order chi connectivity index (χ0) is 25.3. The van der Waals surface area contributed by atoms with E-state index in [0.717, 1.165) is 16.7 Å². The zero-order valence-electron chi connectivity index (χ0n) is 18.9. The minimum absolute atomic E-state index is 0.350. The van der Waals surface area contributed by atoms with Crippen molar-refractivity contribution in [3.8, 4) is 11.1 Å². The van der Waals surface area contributed by atoms with Crippen molar-refractivity contribution in [1.82, 2.24) is 10.7 Å². The molecule has 0 aliphatic carbocycles. The van der Waals surface area contributed by atoms with E-state index in [2.05, 4.69) is 10.7 Å². The SMILES string of the molecule is CC1C(=O)N(NC(=O)[C@H](C)NC(=O)Cc2cc(F)c(F)cc2F)c2ccccc2-c2ccccc21. The van der Waals surface area contributed by atoms with E-state index in [1.165, 1.54) is 11.9 Å². The number of benzene rings is 3. The van der Waals surface area contributed by atoms with Gasteiger partial charge in [-0.15, -0.1) is 0 Å². The Kier molecular flexibility index (Phi) is 6.59. The number of rotatable bonds is 5. The molecule has 0 spiro atoms. The molecule has 0 aromatic heterocycles. The van der Waals surface area contributed by atoms with Crippen LogP contribution in [0.15, 0.2) is 60.7 Å². The largest absolute Gasteiger partial charge is 0.344 e. The Morgan fingerprint density at radius 1 is 0.943 bits per heavy atom. The highest BCUT2D eigenvalue weighted by atomic mass is 19.2. The van der Waals surface area contributed by atoms with Crippen LogP contribution in [0, 0.1) is 17.5 Å². The second-order valence-electron chi connectivity index (χ2n) is 8.30. The highest BCUT2D eigenvalue weighted by Gasteiger charge is 2.33. The van der Waals surface area contributed by atoms with E-state index < -0.39 is 47.6 Å². The molecule has 3 aromatic carbocycles. The lowest BCUT2D eigenvalue weighted by Gasteiger charge is -2.27. The number of halogens is 3. The molecular formula is C26H22F3N3O3. The molecule has 180 valence electrons. The molecular weight excluding hydrogens is 459 g/mol. The first-order valence-corrected chi connectivity index (χ1v) is 10.9. The second kappa shape index (κ2) is 9.61. The van der Waals surface area contributed by atoms with Crippen molar-refractivity contribution in [3.05, 3.63) is 89.2 Å². The van der Waals surface area contributed by atoms with Crippen molar-refractivity contribution in [2.24, 2.45) is 0 Å². The summed E-state index contributed by atoms with van der Waals surface area (Å²) in [5.74, 6) is -6.10. The fraction of sp³-hybridized carbons (Fsp3) is 0.192. The summed E-state index contributed by atoms with van der Waals surface area (Å²) in [5, 5.41) is 3.56. The lowest BCUT2D eigenvalue weighted by Crippen LogP contribution is -2.54. The van der Waals surface area contributed by atoms with E-state index in [9.17, 15) is 27.6 Å². The smallest absolute Gasteiger partial charge is 0.261 e. The van der Waals surface area contributed by atoms with Gasteiger partial charge in [0.1, 0.15) is 11.9 Å². The van der Waals surface area contributed by atoms with E-state index >= 15 is 0 Å². The lowest BCUT2D eigenvalue weighted by atomic mass is 9.92. The summed E-state index contributed by atoms with van der Waals surface area (Å²) in [6, 6.07) is 14.4. The Bertz CT molecular complexity index is 1330. The number of carbonyl (C=O) groups is 3. The third-order valence-electron chi connectivity index (χ3n) is 5.89. The molecule has 2 N–H and O–H groups in total. The Balaban J connectivity index is 1.52. The Hall–Kier alpha value is -4.14. The predicted octanol–water partition coefficient (Wildman–Crippen LogP) is 4.00. The van der Waals surface area contributed by atoms with Gasteiger partial charge in [0.15, 0.2) is 11.6 Å². The van der Waals surface area contributed by atoms with Gasteiger partial charge >= 0.3 is 0 Å². The van der Waals surface area contributed by atoms with Gasteiger partial charge in [0.25, 0.3) is 11.8 Å². The van der Waals surface area contributed by atoms with Crippen LogP contribution in [-0.2, 0) is 20.8 Å². The van der Waals surface area contributed by atoms with Crippen molar-refractivity contribution in [3.63, 3.8) is 0 Å². The maximum Gasteiger partial charge on any atom is 0.261 e. The molecule has 0 bridgehead atoms. The van der Waals surface area contributed by atoms with Crippen molar-refractivity contribution < 1.29 is 27.6 Å². The van der Waals surface area contributed by atoms with Crippen LogP contribution in [0.1, 0.15) is 30.9 Å². The maximum atomic E-state index is 13.9. The summed E-state index contributed by atoms with van der Waals surface area (Å²) in [6.07, 6.45) is -0.599. The number of nitrogens with zero attached hydrogens (tertiary/aromatic N) is 1. The molecule has 3 amide bonds. The van der Waals surface area contributed by atoms with E-state index in [1.54, 1.807) is 19.1 Å². The Labute approximate surface area is 199 Å². The Morgan fingerprint density at radius 2 is 1.57 bits per heavy atom. The van der Waals surface area contributed by atoms with Gasteiger partial charge in [-0.1, -0.05) is 42.5 Å². The minimum Gasteiger partial charge on any atom is -0.344 e. The van der Waals surface area contributed by atoms with Crippen LogP contribution in [-0.4, -0.2) is 23.8 Å². The van der Waals surface area contributed by atoms with Crippen LogP contribution >= 0.6 is 0 Å². The van der Waals surface area contributed by atoms with Crippen molar-refractivity contribution >= 4 is 23.4 Å². The monoisotopic (exact) mass is 481 g/mol. The number of hydrogen-bond acceptors (Lipinski definition) is 3. The number of hydrogen-bond donors (Lipinski definition) is 2. The molecule has 2 atom stereocenters. The summed E-state index contributed by atoms with van der Waals surface area (Å²) in [5.41, 5.74) is 5.14. The quantitative estimate of drug-likeness (QED) is 0.541. The molecule has 3 aromatic rings. The first-order valence-electron chi connectivity index (χ1n) is 10.9. The third-order valence-corrected chi connectivity index (χ3v) is 5.89. The van der Waals surface area contributed by atoms with E-state index in [4.69, 9.17) is 0 Å². The molecule has 0 saturated heterocycles. The average molecular weight is 481 g/mol. The van der Waals surface area contributed by atoms with Gasteiger partial charge in [-0.2, -0.15) is 0 Å². The standard InChI is InChI=1S/C26H22F3N3O3/c1-14-17-7-3-4-8-18(17)19-9-5-6-10-23(19)32(26(14)35)31-25(34)15(2)30-24(33)12-16-11-21(28)22(29)13-20(16)27/h3-11,13-15H,12H2,1-2H3,(H,30,33)(H,31,34)/t14?,15-/m0/s1. The fourth-order valence-corrected chi connectivity index (χ4v) is 4.01. The summed E-state index contributed by atoms with van der Waals surface area (Å²) in [4.78, 5) is 38.5. The first kappa shape index (κ1) is 24.0. The molecule has 4 rings (SSSR count). The predicted molar refractivity (Wildman–Crippen MR) is 124 cm³/mol. The minimum atomic E-state index is -1.36. The van der Waals surface area contributed by atoms with Crippen LogP contribution in [0.4, 0.5) is 18.9 Å². The summed E-state index contributed by atoms with van der Waals surface area (Å²) in [7, 11) is 0. The van der Waals surface area contributed by atoms with Crippen molar-refractivity contribution in [2.45, 2.75) is 32.2 Å². The topological polar surface area (TPSA) is 78.5 Å². The molecule has 1 heterocycles. The van der Waals surface area contributed by atoms with Gasteiger partial charge in [0, 0.05) is 17.2 Å². The number of para-hydroxylation sites is 1. The van der Waals surface area contributed by atoms with Gasteiger partial charge in [-0.05, 0) is 37.1 Å². The third kappa shape index (κ3) is 4.75. The van der Waals surface area contributed by atoms with Crippen LogP contribution in [0.3, 0.4) is 0 Å². The van der Waals surface area contributed by atoms with Crippen LogP contribution in [0.5, 0.6) is 0 Å². The highest BCUT2D eigenvalue weighted by molar-refractivity contribution is 6.06. The normalized spacial score (nSPS) is 15.5. The number of anilines is 1. The molecule has 0 saturated carbocycles. The summed E-state index contributed by atoms with van der Waals surface area (Å²) in [6.45, 7) is 3.13. The number of carbonyl (C=O) groups excluding carboxylic acids is 3. The van der Waals surface area contributed by atoms with Gasteiger partial charge in [-0.3, -0.25) is 19.8 Å². The van der Waals surface area contributed by atoms with E-state index in [1.807, 2.05) is 36.4 Å². The number of fused-ring (bicyclic) bond motifs is 3. The van der Waals surface area contributed by atoms with Crippen LogP contribution < -0.4 is 15.8 Å². The van der Waals surface area contributed by atoms with E-state index in [0.29, 0.717) is 17.8 Å². The van der Waals surface area contributed by atoms with Gasteiger partial charge in [0.05, 0.1) is 18.0 Å². The van der Waals surface area contributed by atoms with E-state index in [-0.39, 0.29) is 11.5 Å². The number of amides is 3. The summed E-state index contributed by atoms with van der Waals surface area (Å²) >= 11 is 0. The zero-order valence-corrected chi connectivity index (χ0v) is 18.9. The van der Waals surface area contributed by atoms with Crippen LogP contribution in [0.2, 0.25) is 0 Å². The Morgan fingerprint density at radius 3 is 2.31 bits per heavy atom. The van der Waals surface area contributed by atoms with Crippen molar-refractivity contribution in [1.29, 1.82) is 0 Å². The summed E-state index contributed by atoms with van der Waals surface area (Å²) < 4.78 is 40.4. The first-order chi connectivity index (χ1) is 16.7. The lowest BCUT2D eigenvalue weighted by molar-refractivity contribution is -0.130. The maximum absolute atomic E-state index is 13.9. The molecule has 1 unspecified atom stereocenters.